The lowest BCUT2D eigenvalue weighted by molar-refractivity contribution is -0.380. The van der Waals surface area contributed by atoms with Crippen LogP contribution in [0.2, 0.25) is 0 Å². The zero-order valence-electron chi connectivity index (χ0n) is 11.0. The number of thiophene rings is 1. The highest BCUT2D eigenvalue weighted by atomic mass is 32.1. The van der Waals surface area contributed by atoms with Crippen molar-refractivity contribution in [3.05, 3.63) is 27.1 Å². The van der Waals surface area contributed by atoms with Gasteiger partial charge in [-0.25, -0.2) is 0 Å². The average Bonchev–Trinajstić information content (AvgIpc) is 2.82. The van der Waals surface area contributed by atoms with Crippen molar-refractivity contribution in [2.45, 2.75) is 20.3 Å². The minimum atomic E-state index is -0.499. The molecule has 19 heavy (non-hydrogen) atoms. The Morgan fingerprint density at radius 1 is 1.53 bits per heavy atom. The molecule has 1 heterocycles. The molecule has 0 bridgehead atoms. The van der Waals surface area contributed by atoms with E-state index in [1.807, 2.05) is 0 Å². The van der Waals surface area contributed by atoms with Crippen molar-refractivity contribution in [3.63, 3.8) is 0 Å². The third kappa shape index (κ3) is 5.80. The molecule has 1 N–H and O–H groups in total. The van der Waals surface area contributed by atoms with Gasteiger partial charge in [-0.05, 0) is 18.4 Å². The van der Waals surface area contributed by atoms with Crippen molar-refractivity contribution in [3.8, 4) is 0 Å². The van der Waals surface area contributed by atoms with Crippen LogP contribution in [0.25, 0.3) is 0 Å². The van der Waals surface area contributed by atoms with Crippen LogP contribution in [-0.4, -0.2) is 30.6 Å². The minimum absolute atomic E-state index is 0.0228. The third-order valence-electron chi connectivity index (χ3n) is 2.20. The van der Waals surface area contributed by atoms with Crippen molar-refractivity contribution in [2.24, 2.45) is 5.92 Å². The molecule has 0 fully saturated rings. The van der Waals surface area contributed by atoms with E-state index in [4.69, 9.17) is 4.74 Å². The van der Waals surface area contributed by atoms with Crippen LogP contribution in [0.3, 0.4) is 0 Å². The number of hydrogen-bond donors (Lipinski definition) is 1. The molecule has 0 aliphatic heterocycles. The first kappa shape index (κ1) is 15.6. The number of amides is 1. The Labute approximate surface area is 115 Å². The number of hydrogen-bond acceptors (Lipinski definition) is 5. The second-order valence-electron chi connectivity index (χ2n) is 4.47. The second-order valence-corrected chi connectivity index (χ2v) is 5.54. The third-order valence-corrected chi connectivity index (χ3v) is 3.23. The van der Waals surface area contributed by atoms with Gasteiger partial charge in [0.15, 0.2) is 0 Å². The maximum atomic E-state index is 11.7. The maximum Gasteiger partial charge on any atom is 0.324 e. The molecule has 1 aromatic heterocycles. The number of rotatable bonds is 8. The van der Waals surface area contributed by atoms with Crippen molar-refractivity contribution in [1.29, 1.82) is 0 Å². The normalized spacial score (nSPS) is 10.7. The van der Waals surface area contributed by atoms with Crippen LogP contribution in [0.15, 0.2) is 12.1 Å². The van der Waals surface area contributed by atoms with E-state index >= 15 is 0 Å². The van der Waals surface area contributed by atoms with E-state index in [0.717, 1.165) is 17.8 Å². The molecule has 1 amide bonds. The number of nitrogens with one attached hydrogen (secondary N) is 1. The van der Waals surface area contributed by atoms with Crippen LogP contribution in [0.1, 0.15) is 29.9 Å². The largest absolute Gasteiger partial charge is 0.381 e. The van der Waals surface area contributed by atoms with Gasteiger partial charge in [0.25, 0.3) is 5.91 Å². The molecule has 0 aliphatic carbocycles. The number of nitrogens with zero attached hydrogens (tertiary/aromatic N) is 1. The molecule has 0 aromatic carbocycles. The van der Waals surface area contributed by atoms with E-state index in [9.17, 15) is 14.9 Å². The molecule has 0 aliphatic rings. The fraction of sp³-hybridized carbons (Fsp3) is 0.583. The summed E-state index contributed by atoms with van der Waals surface area (Å²) >= 11 is 0.879. The Balaban J connectivity index is 2.22. The highest BCUT2D eigenvalue weighted by Gasteiger charge is 2.14. The number of carbonyl (C=O) groups is 1. The SMILES string of the molecule is CC(C)COCCCNC(=O)c1ccc([N+](=O)[O-])s1. The summed E-state index contributed by atoms with van der Waals surface area (Å²) < 4.78 is 5.38. The van der Waals surface area contributed by atoms with E-state index in [0.29, 0.717) is 30.6 Å². The Morgan fingerprint density at radius 3 is 2.84 bits per heavy atom. The quantitative estimate of drug-likeness (QED) is 0.452. The molecular formula is C12H18N2O4S. The molecule has 7 heteroatoms. The molecule has 6 nitrogen and oxygen atoms in total. The van der Waals surface area contributed by atoms with Crippen LogP contribution in [0, 0.1) is 16.0 Å². The fourth-order valence-electron chi connectivity index (χ4n) is 1.33. The van der Waals surface area contributed by atoms with Crippen LogP contribution in [0.5, 0.6) is 0 Å². The first-order valence-electron chi connectivity index (χ1n) is 6.11. The first-order chi connectivity index (χ1) is 9.00. The molecule has 0 atom stereocenters. The molecule has 1 aromatic rings. The summed E-state index contributed by atoms with van der Waals surface area (Å²) in [6, 6.07) is 2.80. The predicted octanol–water partition coefficient (Wildman–Crippen LogP) is 2.45. The summed E-state index contributed by atoms with van der Waals surface area (Å²) in [5.74, 6) is 0.225. The van der Waals surface area contributed by atoms with Gasteiger partial charge in [-0.15, -0.1) is 0 Å². The van der Waals surface area contributed by atoms with Crippen molar-refractivity contribution in [1.82, 2.24) is 5.32 Å². The number of ether oxygens (including phenoxy) is 1. The number of nitro groups is 1. The zero-order chi connectivity index (χ0) is 14.3. The summed E-state index contributed by atoms with van der Waals surface area (Å²) in [5.41, 5.74) is 0. The van der Waals surface area contributed by atoms with Crippen molar-refractivity contribution >= 4 is 22.2 Å². The van der Waals surface area contributed by atoms with Gasteiger partial charge >= 0.3 is 5.00 Å². The van der Waals surface area contributed by atoms with Gasteiger partial charge in [0.05, 0.1) is 9.80 Å². The van der Waals surface area contributed by atoms with E-state index in [1.165, 1.54) is 12.1 Å². The predicted molar refractivity (Wildman–Crippen MR) is 73.6 cm³/mol. The average molecular weight is 286 g/mol. The molecular weight excluding hydrogens is 268 g/mol. The second kappa shape index (κ2) is 7.85. The lowest BCUT2D eigenvalue weighted by atomic mass is 10.2. The lowest BCUT2D eigenvalue weighted by Gasteiger charge is -2.07. The zero-order valence-corrected chi connectivity index (χ0v) is 11.9. The van der Waals surface area contributed by atoms with Crippen LogP contribution >= 0.6 is 11.3 Å². The Hall–Kier alpha value is -1.47. The summed E-state index contributed by atoms with van der Waals surface area (Å²) in [5, 5.41) is 13.2. The smallest absolute Gasteiger partial charge is 0.324 e. The first-order valence-corrected chi connectivity index (χ1v) is 6.92. The molecule has 0 saturated heterocycles. The summed E-state index contributed by atoms with van der Waals surface area (Å²) in [6.45, 7) is 5.97. The van der Waals surface area contributed by atoms with Gasteiger partial charge < -0.3 is 10.1 Å². The van der Waals surface area contributed by atoms with Gasteiger partial charge in [0.2, 0.25) is 0 Å². The standard InChI is InChI=1S/C12H18N2O4S/c1-9(2)8-18-7-3-6-13-12(15)10-4-5-11(19-10)14(16)17/h4-5,9H,3,6-8H2,1-2H3,(H,13,15). The Morgan fingerprint density at radius 2 is 2.26 bits per heavy atom. The maximum absolute atomic E-state index is 11.7. The highest BCUT2D eigenvalue weighted by molar-refractivity contribution is 7.17. The van der Waals surface area contributed by atoms with Gasteiger partial charge in [-0.2, -0.15) is 0 Å². The highest BCUT2D eigenvalue weighted by Crippen LogP contribution is 2.23. The molecule has 0 saturated carbocycles. The van der Waals surface area contributed by atoms with Crippen molar-refractivity contribution in [2.75, 3.05) is 19.8 Å². The molecule has 0 radical (unpaired) electrons. The summed E-state index contributed by atoms with van der Waals surface area (Å²) in [7, 11) is 0. The van der Waals surface area contributed by atoms with E-state index in [-0.39, 0.29) is 10.9 Å². The van der Waals surface area contributed by atoms with Gasteiger partial charge in [0, 0.05) is 25.8 Å². The van der Waals surface area contributed by atoms with Gasteiger partial charge in [-0.1, -0.05) is 25.2 Å². The van der Waals surface area contributed by atoms with Crippen LogP contribution in [0.4, 0.5) is 5.00 Å². The van der Waals surface area contributed by atoms with Gasteiger partial charge in [0.1, 0.15) is 0 Å². The molecule has 106 valence electrons. The topological polar surface area (TPSA) is 81.5 Å². The Bertz CT molecular complexity index is 431. The fourth-order valence-corrected chi connectivity index (χ4v) is 2.07. The Kier molecular flexibility index (Phi) is 6.44. The van der Waals surface area contributed by atoms with Crippen molar-refractivity contribution < 1.29 is 14.5 Å². The van der Waals surface area contributed by atoms with Crippen LogP contribution in [-0.2, 0) is 4.74 Å². The summed E-state index contributed by atoms with van der Waals surface area (Å²) in [4.78, 5) is 22.0. The van der Waals surface area contributed by atoms with Gasteiger partial charge in [-0.3, -0.25) is 14.9 Å². The number of carbonyl (C=O) groups excluding carboxylic acids is 1. The van der Waals surface area contributed by atoms with E-state index in [2.05, 4.69) is 19.2 Å². The monoisotopic (exact) mass is 286 g/mol. The summed E-state index contributed by atoms with van der Waals surface area (Å²) in [6.07, 6.45) is 0.728. The van der Waals surface area contributed by atoms with Crippen LogP contribution < -0.4 is 5.32 Å². The van der Waals surface area contributed by atoms with E-state index in [1.54, 1.807) is 0 Å². The molecule has 0 spiro atoms. The minimum Gasteiger partial charge on any atom is -0.381 e. The van der Waals surface area contributed by atoms with E-state index < -0.39 is 4.92 Å². The molecule has 0 unspecified atom stereocenters. The lowest BCUT2D eigenvalue weighted by Crippen LogP contribution is -2.24. The molecule has 1 rings (SSSR count).